The number of hydrogen-bond donors (Lipinski definition) is 3. The van der Waals surface area contributed by atoms with Crippen molar-refractivity contribution in [3.63, 3.8) is 0 Å². The number of aromatic nitrogens is 4. The fourth-order valence-electron chi connectivity index (χ4n) is 3.60. The van der Waals surface area contributed by atoms with Gasteiger partial charge in [-0.05, 0) is 13.0 Å². The minimum Gasteiger partial charge on any atom is -0.345 e. The molecule has 0 bridgehead atoms. The predicted molar refractivity (Wildman–Crippen MR) is 117 cm³/mol. The molecule has 12 heteroatoms. The highest BCUT2D eigenvalue weighted by molar-refractivity contribution is 6.31. The molecule has 4 heterocycles. The summed E-state index contributed by atoms with van der Waals surface area (Å²) in [4.78, 5) is 43.2. The number of nitrogens with zero attached hydrogens (tertiary/aromatic N) is 5. The first-order valence-electron chi connectivity index (χ1n) is 9.93. The van der Waals surface area contributed by atoms with Crippen LogP contribution in [0.2, 0.25) is 5.02 Å². The number of aromatic amines is 1. The molecule has 1 fully saturated rings. The number of anilines is 1. The van der Waals surface area contributed by atoms with Crippen LogP contribution in [0, 0.1) is 5.82 Å². The highest BCUT2D eigenvalue weighted by atomic mass is 35.5. The van der Waals surface area contributed by atoms with Crippen molar-refractivity contribution in [2.75, 3.05) is 31.5 Å². The molecule has 1 aliphatic heterocycles. The lowest BCUT2D eigenvalue weighted by molar-refractivity contribution is -0.141. The van der Waals surface area contributed by atoms with E-state index >= 15 is 0 Å². The van der Waals surface area contributed by atoms with Crippen LogP contribution in [0.5, 0.6) is 0 Å². The number of halogens is 2. The molecule has 32 heavy (non-hydrogen) atoms. The average molecular weight is 461 g/mol. The molecule has 0 spiro atoms. The van der Waals surface area contributed by atoms with Gasteiger partial charge in [-0.3, -0.25) is 9.59 Å². The molecule has 0 aromatic carbocycles. The largest absolute Gasteiger partial charge is 0.345 e. The SMILES string of the molecule is CC(=O)N1CCN(C(=O)[C@@](C)(N)Nc2nc(-c3c[nH]c4ncc(Cl)cc34)ncc2F)CC1. The molecule has 2 amide bonds. The van der Waals surface area contributed by atoms with Crippen molar-refractivity contribution < 1.29 is 14.0 Å². The lowest BCUT2D eigenvalue weighted by atomic mass is 10.1. The molecule has 168 valence electrons. The Kier molecular flexibility index (Phi) is 5.70. The van der Waals surface area contributed by atoms with Gasteiger partial charge in [0.2, 0.25) is 5.91 Å². The van der Waals surface area contributed by atoms with E-state index < -0.39 is 17.4 Å². The van der Waals surface area contributed by atoms with Crippen molar-refractivity contribution in [1.82, 2.24) is 29.7 Å². The Morgan fingerprint density at radius 2 is 1.91 bits per heavy atom. The Bertz CT molecular complexity index is 1190. The Morgan fingerprint density at radius 1 is 1.22 bits per heavy atom. The van der Waals surface area contributed by atoms with Crippen molar-refractivity contribution in [3.8, 4) is 11.4 Å². The zero-order valence-electron chi connectivity index (χ0n) is 17.5. The number of piperazine rings is 1. The number of H-pyrrole nitrogens is 1. The van der Waals surface area contributed by atoms with E-state index in [0.717, 1.165) is 6.20 Å². The first-order chi connectivity index (χ1) is 15.2. The summed E-state index contributed by atoms with van der Waals surface area (Å²) in [7, 11) is 0. The van der Waals surface area contributed by atoms with Crippen LogP contribution in [-0.2, 0) is 9.59 Å². The quantitative estimate of drug-likeness (QED) is 0.503. The van der Waals surface area contributed by atoms with Crippen molar-refractivity contribution in [2.24, 2.45) is 5.73 Å². The van der Waals surface area contributed by atoms with Gasteiger partial charge in [-0.25, -0.2) is 19.3 Å². The summed E-state index contributed by atoms with van der Waals surface area (Å²) in [6.45, 7) is 4.45. The van der Waals surface area contributed by atoms with Crippen LogP contribution in [-0.4, -0.2) is 73.4 Å². The maximum absolute atomic E-state index is 14.5. The Balaban J connectivity index is 1.56. The van der Waals surface area contributed by atoms with Crippen LogP contribution in [0.4, 0.5) is 10.2 Å². The Hall–Kier alpha value is -3.31. The van der Waals surface area contributed by atoms with E-state index in [-0.39, 0.29) is 17.5 Å². The number of pyridine rings is 1. The van der Waals surface area contributed by atoms with Gasteiger partial charge in [-0.1, -0.05) is 11.6 Å². The molecular weight excluding hydrogens is 439 g/mol. The third-order valence-corrected chi connectivity index (χ3v) is 5.52. The second-order valence-electron chi connectivity index (χ2n) is 7.77. The molecule has 0 unspecified atom stereocenters. The van der Waals surface area contributed by atoms with Crippen LogP contribution < -0.4 is 11.1 Å². The first kappa shape index (κ1) is 21.9. The Labute approximate surface area is 188 Å². The molecular formula is C20H22ClFN8O2. The van der Waals surface area contributed by atoms with Crippen LogP contribution >= 0.6 is 11.6 Å². The van der Waals surface area contributed by atoms with E-state index in [2.05, 4.69) is 25.3 Å². The third kappa shape index (κ3) is 4.21. The second-order valence-corrected chi connectivity index (χ2v) is 8.20. The highest BCUT2D eigenvalue weighted by Gasteiger charge is 2.36. The molecule has 0 aliphatic carbocycles. The van der Waals surface area contributed by atoms with E-state index in [0.29, 0.717) is 47.8 Å². The van der Waals surface area contributed by atoms with Gasteiger partial charge in [0, 0.05) is 56.4 Å². The number of nitrogens with two attached hydrogens (primary N) is 1. The summed E-state index contributed by atoms with van der Waals surface area (Å²) in [5.74, 6) is -1.23. The molecule has 1 aliphatic rings. The van der Waals surface area contributed by atoms with Crippen LogP contribution in [0.1, 0.15) is 13.8 Å². The van der Waals surface area contributed by atoms with E-state index in [1.165, 1.54) is 20.0 Å². The normalized spacial score (nSPS) is 16.2. The smallest absolute Gasteiger partial charge is 0.262 e. The maximum atomic E-state index is 14.5. The molecule has 4 rings (SSSR count). The molecule has 1 atom stereocenters. The van der Waals surface area contributed by atoms with Gasteiger partial charge in [-0.15, -0.1) is 0 Å². The Morgan fingerprint density at radius 3 is 2.59 bits per heavy atom. The van der Waals surface area contributed by atoms with Crippen molar-refractivity contribution in [3.05, 3.63) is 35.5 Å². The van der Waals surface area contributed by atoms with E-state index in [9.17, 15) is 14.0 Å². The van der Waals surface area contributed by atoms with Crippen molar-refractivity contribution in [2.45, 2.75) is 19.5 Å². The van der Waals surface area contributed by atoms with Gasteiger partial charge < -0.3 is 25.8 Å². The number of amides is 2. The number of fused-ring (bicyclic) bond motifs is 1. The van der Waals surface area contributed by atoms with E-state index in [1.54, 1.807) is 22.1 Å². The molecule has 1 saturated heterocycles. The summed E-state index contributed by atoms with van der Waals surface area (Å²) < 4.78 is 14.5. The minimum absolute atomic E-state index is 0.0462. The average Bonchev–Trinajstić information content (AvgIpc) is 3.17. The maximum Gasteiger partial charge on any atom is 0.262 e. The molecule has 0 saturated carbocycles. The molecule has 10 nitrogen and oxygen atoms in total. The summed E-state index contributed by atoms with van der Waals surface area (Å²) in [5.41, 5.74) is 5.74. The molecule has 3 aromatic heterocycles. The second kappa shape index (κ2) is 8.32. The molecule has 4 N–H and O–H groups in total. The fraction of sp³-hybridized carbons (Fsp3) is 0.350. The number of nitrogens with one attached hydrogen (secondary N) is 2. The minimum atomic E-state index is -1.63. The first-order valence-corrected chi connectivity index (χ1v) is 10.3. The lowest BCUT2D eigenvalue weighted by Crippen LogP contribution is -2.62. The summed E-state index contributed by atoms with van der Waals surface area (Å²) >= 11 is 6.04. The van der Waals surface area contributed by atoms with Crippen LogP contribution in [0.25, 0.3) is 22.4 Å². The topological polar surface area (TPSA) is 133 Å². The van der Waals surface area contributed by atoms with E-state index in [1.807, 2.05) is 0 Å². The van der Waals surface area contributed by atoms with Gasteiger partial charge in [0.15, 0.2) is 23.1 Å². The zero-order valence-corrected chi connectivity index (χ0v) is 18.3. The molecule has 3 aromatic rings. The van der Waals surface area contributed by atoms with Crippen molar-refractivity contribution in [1.29, 1.82) is 0 Å². The number of carbonyl (C=O) groups is 2. The number of carbonyl (C=O) groups excluding carboxylic acids is 2. The van der Waals surface area contributed by atoms with Crippen LogP contribution in [0.15, 0.2) is 24.7 Å². The molecule has 0 radical (unpaired) electrons. The monoisotopic (exact) mass is 460 g/mol. The zero-order chi connectivity index (χ0) is 23.0. The third-order valence-electron chi connectivity index (χ3n) is 5.32. The standard InChI is InChI=1S/C20H22ClFN8O2/c1-11(31)29-3-5-30(6-4-29)19(32)20(2,23)28-18-15(22)10-26-17(27-18)14-9-25-16-13(14)7-12(21)8-24-16/h7-10H,3-6,23H2,1-2H3,(H,24,25)(H,26,27,28)/t20-/m0/s1. The van der Waals surface area contributed by atoms with Gasteiger partial charge in [-0.2, -0.15) is 0 Å². The van der Waals surface area contributed by atoms with Gasteiger partial charge >= 0.3 is 0 Å². The fourth-order valence-corrected chi connectivity index (χ4v) is 3.76. The number of rotatable bonds is 4. The van der Waals surface area contributed by atoms with Crippen molar-refractivity contribution >= 4 is 40.3 Å². The predicted octanol–water partition coefficient (Wildman–Crippen LogP) is 1.59. The highest BCUT2D eigenvalue weighted by Crippen LogP contribution is 2.28. The lowest BCUT2D eigenvalue weighted by Gasteiger charge is -2.38. The summed E-state index contributed by atoms with van der Waals surface area (Å²) in [6.07, 6.45) is 4.16. The van der Waals surface area contributed by atoms with Gasteiger partial charge in [0.05, 0.1) is 11.2 Å². The number of hydrogen-bond acceptors (Lipinski definition) is 7. The summed E-state index contributed by atoms with van der Waals surface area (Å²) in [6, 6.07) is 1.70. The van der Waals surface area contributed by atoms with Gasteiger partial charge in [0.25, 0.3) is 5.91 Å². The van der Waals surface area contributed by atoms with Gasteiger partial charge in [0.1, 0.15) is 5.65 Å². The van der Waals surface area contributed by atoms with Crippen LogP contribution in [0.3, 0.4) is 0 Å². The van der Waals surface area contributed by atoms with E-state index in [4.69, 9.17) is 17.3 Å². The summed E-state index contributed by atoms with van der Waals surface area (Å²) in [5, 5.41) is 3.81.